The molecule has 24 heavy (non-hydrogen) atoms. The molecule has 1 N–H and O–H groups in total. The van der Waals surface area contributed by atoms with E-state index in [2.05, 4.69) is 20.2 Å². The van der Waals surface area contributed by atoms with Crippen molar-refractivity contribution in [3.05, 3.63) is 46.5 Å². The highest BCUT2D eigenvalue weighted by molar-refractivity contribution is 5.74. The Kier molecular flexibility index (Phi) is 4.52. The van der Waals surface area contributed by atoms with Crippen molar-refractivity contribution in [2.45, 2.75) is 0 Å². The van der Waals surface area contributed by atoms with Gasteiger partial charge >= 0.3 is 5.69 Å². The minimum absolute atomic E-state index is 0.0931. The lowest BCUT2D eigenvalue weighted by atomic mass is 10.3. The van der Waals surface area contributed by atoms with Crippen molar-refractivity contribution in [2.24, 2.45) is 0 Å². The number of nitro groups is 1. The third-order valence-corrected chi connectivity index (χ3v) is 3.90. The molecule has 0 bridgehead atoms. The molecule has 8 nitrogen and oxygen atoms in total. The third-order valence-electron chi connectivity index (χ3n) is 3.90. The Hall–Kier alpha value is -2.81. The Morgan fingerprint density at radius 3 is 2.46 bits per heavy atom. The highest BCUT2D eigenvalue weighted by Gasteiger charge is 2.28. The van der Waals surface area contributed by atoms with E-state index in [9.17, 15) is 14.5 Å². The van der Waals surface area contributed by atoms with Crippen LogP contribution in [-0.4, -0.2) is 53.0 Å². The second-order valence-corrected chi connectivity index (χ2v) is 5.57. The summed E-state index contributed by atoms with van der Waals surface area (Å²) in [5.74, 6) is 0.0131. The van der Waals surface area contributed by atoms with Gasteiger partial charge in [-0.05, 0) is 31.3 Å². The molecule has 0 amide bonds. The Balaban J connectivity index is 1.93. The van der Waals surface area contributed by atoms with Crippen LogP contribution in [0.2, 0.25) is 0 Å². The van der Waals surface area contributed by atoms with Gasteiger partial charge in [-0.25, -0.2) is 14.4 Å². The number of nitrogens with one attached hydrogen (secondary N) is 1. The second kappa shape index (κ2) is 6.75. The van der Waals surface area contributed by atoms with Crippen LogP contribution in [0.4, 0.5) is 27.4 Å². The molecule has 2 aromatic rings. The van der Waals surface area contributed by atoms with E-state index in [1.807, 2.05) is 11.9 Å². The molecule has 126 valence electrons. The maximum absolute atomic E-state index is 13.0. The van der Waals surface area contributed by atoms with E-state index < -0.39 is 4.92 Å². The Bertz CT molecular complexity index is 731. The summed E-state index contributed by atoms with van der Waals surface area (Å²) in [5, 5.41) is 14.5. The van der Waals surface area contributed by atoms with Crippen LogP contribution in [0.25, 0.3) is 0 Å². The standard InChI is InChI=1S/C15H17FN6O2/c1-20-6-8-21(9-7-20)15-13(22(23)24)14(17-10-18-15)19-12-4-2-11(16)3-5-12/h2-5,10H,6-9H2,1H3,(H,17,18,19). The zero-order valence-corrected chi connectivity index (χ0v) is 13.1. The van der Waals surface area contributed by atoms with E-state index in [4.69, 9.17) is 0 Å². The average Bonchev–Trinajstić information content (AvgIpc) is 2.57. The van der Waals surface area contributed by atoms with Gasteiger partial charge in [0.15, 0.2) is 0 Å². The van der Waals surface area contributed by atoms with E-state index in [1.54, 1.807) is 0 Å². The summed E-state index contributed by atoms with van der Waals surface area (Å²) in [6.45, 7) is 2.93. The molecule has 2 heterocycles. The maximum Gasteiger partial charge on any atom is 0.353 e. The number of nitrogens with zero attached hydrogens (tertiary/aromatic N) is 5. The first-order valence-electron chi connectivity index (χ1n) is 7.50. The van der Waals surface area contributed by atoms with Crippen molar-refractivity contribution in [1.29, 1.82) is 0 Å². The normalized spacial score (nSPS) is 15.3. The smallest absolute Gasteiger partial charge is 0.348 e. The number of piperazine rings is 1. The minimum atomic E-state index is -0.487. The monoisotopic (exact) mass is 332 g/mol. The van der Waals surface area contributed by atoms with Gasteiger partial charge in [0.2, 0.25) is 11.6 Å². The quantitative estimate of drug-likeness (QED) is 0.677. The number of halogens is 1. The first-order chi connectivity index (χ1) is 11.5. The Morgan fingerprint density at radius 2 is 1.83 bits per heavy atom. The predicted octanol–water partition coefficient (Wildman–Crippen LogP) is 2.02. The lowest BCUT2D eigenvalue weighted by molar-refractivity contribution is -0.383. The van der Waals surface area contributed by atoms with Gasteiger partial charge in [0, 0.05) is 31.9 Å². The van der Waals surface area contributed by atoms with Crippen molar-refractivity contribution in [3.63, 3.8) is 0 Å². The van der Waals surface area contributed by atoms with Crippen molar-refractivity contribution in [2.75, 3.05) is 43.4 Å². The number of likely N-dealkylation sites (N-methyl/N-ethyl adjacent to an activating group) is 1. The summed E-state index contributed by atoms with van der Waals surface area (Å²) in [6.07, 6.45) is 1.30. The number of benzene rings is 1. The predicted molar refractivity (Wildman–Crippen MR) is 88.1 cm³/mol. The molecule has 0 spiro atoms. The fourth-order valence-electron chi connectivity index (χ4n) is 2.55. The summed E-state index contributed by atoms with van der Waals surface area (Å²) in [4.78, 5) is 23.2. The molecule has 0 radical (unpaired) electrons. The SMILES string of the molecule is CN1CCN(c2ncnc(Nc3ccc(F)cc3)c2[N+](=O)[O-])CC1. The molecule has 0 unspecified atom stereocenters. The number of hydrogen-bond acceptors (Lipinski definition) is 7. The highest BCUT2D eigenvalue weighted by Crippen LogP contribution is 2.33. The highest BCUT2D eigenvalue weighted by atomic mass is 19.1. The molecule has 9 heteroatoms. The van der Waals surface area contributed by atoms with Crippen molar-refractivity contribution < 1.29 is 9.31 Å². The van der Waals surface area contributed by atoms with Gasteiger partial charge in [-0.1, -0.05) is 0 Å². The molecule has 1 saturated heterocycles. The van der Waals surface area contributed by atoms with Crippen LogP contribution >= 0.6 is 0 Å². The van der Waals surface area contributed by atoms with Crippen LogP contribution in [0.3, 0.4) is 0 Å². The van der Waals surface area contributed by atoms with Crippen molar-refractivity contribution in [3.8, 4) is 0 Å². The number of aromatic nitrogens is 2. The summed E-state index contributed by atoms with van der Waals surface area (Å²) in [5.41, 5.74) is 0.342. The van der Waals surface area contributed by atoms with E-state index >= 15 is 0 Å². The molecule has 3 rings (SSSR count). The van der Waals surface area contributed by atoms with Crippen LogP contribution in [0.15, 0.2) is 30.6 Å². The summed E-state index contributed by atoms with van der Waals surface area (Å²) in [6, 6.07) is 5.54. The van der Waals surface area contributed by atoms with Crippen LogP contribution in [0, 0.1) is 15.9 Å². The van der Waals surface area contributed by atoms with Gasteiger partial charge in [-0.3, -0.25) is 10.1 Å². The Labute approximate surface area is 138 Å². The molecule has 1 fully saturated rings. The van der Waals surface area contributed by atoms with Gasteiger partial charge in [-0.15, -0.1) is 0 Å². The lowest BCUT2D eigenvalue weighted by Crippen LogP contribution is -2.45. The van der Waals surface area contributed by atoms with Gasteiger partial charge in [0.25, 0.3) is 0 Å². The molecular weight excluding hydrogens is 315 g/mol. The average molecular weight is 332 g/mol. The second-order valence-electron chi connectivity index (χ2n) is 5.57. The summed E-state index contributed by atoms with van der Waals surface area (Å²) >= 11 is 0. The molecule has 0 saturated carbocycles. The van der Waals surface area contributed by atoms with Crippen LogP contribution in [0.1, 0.15) is 0 Å². The first kappa shape index (κ1) is 16.1. The van der Waals surface area contributed by atoms with E-state index in [1.165, 1.54) is 30.6 Å². The molecule has 0 atom stereocenters. The Morgan fingerprint density at radius 1 is 1.17 bits per heavy atom. The maximum atomic E-state index is 13.0. The molecule has 1 aromatic heterocycles. The van der Waals surface area contributed by atoms with Crippen molar-refractivity contribution >= 4 is 23.0 Å². The fraction of sp³-hybridized carbons (Fsp3) is 0.333. The van der Waals surface area contributed by atoms with E-state index in [0.29, 0.717) is 24.6 Å². The number of rotatable bonds is 4. The lowest BCUT2D eigenvalue weighted by Gasteiger charge is -2.32. The topological polar surface area (TPSA) is 87.4 Å². The van der Waals surface area contributed by atoms with Gasteiger partial charge in [0.1, 0.15) is 12.1 Å². The minimum Gasteiger partial charge on any atom is -0.348 e. The molecule has 0 aliphatic carbocycles. The third kappa shape index (κ3) is 3.40. The molecule has 1 aromatic carbocycles. The number of hydrogen-bond donors (Lipinski definition) is 1. The van der Waals surface area contributed by atoms with Crippen LogP contribution in [-0.2, 0) is 0 Å². The van der Waals surface area contributed by atoms with E-state index in [-0.39, 0.29) is 17.3 Å². The van der Waals surface area contributed by atoms with Crippen LogP contribution < -0.4 is 10.2 Å². The van der Waals surface area contributed by atoms with Crippen LogP contribution in [0.5, 0.6) is 0 Å². The molecule has 1 aliphatic heterocycles. The largest absolute Gasteiger partial charge is 0.353 e. The number of anilines is 3. The van der Waals surface area contributed by atoms with Gasteiger partial charge < -0.3 is 15.1 Å². The zero-order chi connectivity index (χ0) is 17.1. The summed E-state index contributed by atoms with van der Waals surface area (Å²) < 4.78 is 13.0. The molecule has 1 aliphatic rings. The van der Waals surface area contributed by atoms with E-state index in [0.717, 1.165) is 13.1 Å². The molecular formula is C15H17FN6O2. The summed E-state index contributed by atoms with van der Waals surface area (Å²) in [7, 11) is 2.01. The van der Waals surface area contributed by atoms with Gasteiger partial charge in [-0.2, -0.15) is 0 Å². The zero-order valence-electron chi connectivity index (χ0n) is 13.1. The fourth-order valence-corrected chi connectivity index (χ4v) is 2.55. The van der Waals surface area contributed by atoms with Crippen molar-refractivity contribution in [1.82, 2.24) is 14.9 Å². The first-order valence-corrected chi connectivity index (χ1v) is 7.50. The van der Waals surface area contributed by atoms with Gasteiger partial charge in [0.05, 0.1) is 4.92 Å².